The first-order valence-electron chi connectivity index (χ1n) is 8.68. The summed E-state index contributed by atoms with van der Waals surface area (Å²) in [5.41, 5.74) is 0. The second kappa shape index (κ2) is 8.51. The molecule has 0 spiro atoms. The number of nitrogens with zero attached hydrogens (tertiary/aromatic N) is 2. The van der Waals surface area contributed by atoms with Gasteiger partial charge < -0.3 is 14.5 Å². The quantitative estimate of drug-likeness (QED) is 0.782. The standard InChI is InChI=1S/C17H30N2O3/c1-18(14-7-4-3-5-8-14)16(20)10-11-17(21)19-12-6-9-15(13-19)22-2/h14-15H,3-13H2,1-2H3. The zero-order chi connectivity index (χ0) is 15.9. The van der Waals surface area contributed by atoms with Crippen LogP contribution in [0.4, 0.5) is 0 Å². The van der Waals surface area contributed by atoms with Crippen LogP contribution >= 0.6 is 0 Å². The third-order valence-corrected chi connectivity index (χ3v) is 5.13. The van der Waals surface area contributed by atoms with Crippen LogP contribution in [-0.4, -0.2) is 61.0 Å². The lowest BCUT2D eigenvalue weighted by Crippen LogP contribution is -2.43. The van der Waals surface area contributed by atoms with Gasteiger partial charge in [0.2, 0.25) is 11.8 Å². The maximum Gasteiger partial charge on any atom is 0.223 e. The molecular formula is C17H30N2O3. The molecule has 0 aromatic heterocycles. The highest BCUT2D eigenvalue weighted by molar-refractivity contribution is 5.84. The van der Waals surface area contributed by atoms with Crippen molar-refractivity contribution in [3.05, 3.63) is 0 Å². The van der Waals surface area contributed by atoms with Gasteiger partial charge in [-0.1, -0.05) is 19.3 Å². The molecule has 1 atom stereocenters. The fraction of sp³-hybridized carbons (Fsp3) is 0.882. The van der Waals surface area contributed by atoms with Crippen LogP contribution in [0.2, 0.25) is 0 Å². The summed E-state index contributed by atoms with van der Waals surface area (Å²) in [6, 6.07) is 0.379. The molecule has 2 aliphatic rings. The molecule has 1 unspecified atom stereocenters. The van der Waals surface area contributed by atoms with Crippen LogP contribution in [-0.2, 0) is 14.3 Å². The minimum absolute atomic E-state index is 0.0899. The number of methoxy groups -OCH3 is 1. The molecule has 2 fully saturated rings. The first kappa shape index (κ1) is 17.3. The summed E-state index contributed by atoms with van der Waals surface area (Å²) in [4.78, 5) is 28.3. The van der Waals surface area contributed by atoms with Crippen LogP contribution in [0.15, 0.2) is 0 Å². The molecule has 0 aromatic carbocycles. The van der Waals surface area contributed by atoms with Crippen molar-refractivity contribution in [1.82, 2.24) is 9.80 Å². The fourth-order valence-corrected chi connectivity index (χ4v) is 3.58. The maximum absolute atomic E-state index is 12.3. The van der Waals surface area contributed by atoms with E-state index in [-0.39, 0.29) is 17.9 Å². The molecule has 5 heteroatoms. The average molecular weight is 310 g/mol. The first-order valence-corrected chi connectivity index (χ1v) is 8.68. The topological polar surface area (TPSA) is 49.9 Å². The molecular weight excluding hydrogens is 280 g/mol. The second-order valence-corrected chi connectivity index (χ2v) is 6.64. The number of ether oxygens (including phenoxy) is 1. The molecule has 0 N–H and O–H groups in total. The number of amides is 2. The van der Waals surface area contributed by atoms with Gasteiger partial charge in [0.1, 0.15) is 0 Å². The Labute approximate surface area is 134 Å². The minimum atomic E-state index is 0.0899. The van der Waals surface area contributed by atoms with Crippen LogP contribution < -0.4 is 0 Å². The molecule has 2 rings (SSSR count). The van der Waals surface area contributed by atoms with Crippen molar-refractivity contribution in [2.45, 2.75) is 69.9 Å². The zero-order valence-corrected chi connectivity index (χ0v) is 14.1. The van der Waals surface area contributed by atoms with Gasteiger partial charge in [-0.25, -0.2) is 0 Å². The normalized spacial score (nSPS) is 23.4. The maximum atomic E-state index is 12.3. The molecule has 1 heterocycles. The Bertz CT molecular complexity index is 366. The van der Waals surface area contributed by atoms with Crippen LogP contribution in [0.1, 0.15) is 57.8 Å². The van der Waals surface area contributed by atoms with Crippen molar-refractivity contribution in [3.8, 4) is 0 Å². The Morgan fingerprint density at radius 2 is 1.82 bits per heavy atom. The van der Waals surface area contributed by atoms with Crippen molar-refractivity contribution in [2.75, 3.05) is 27.2 Å². The summed E-state index contributed by atoms with van der Waals surface area (Å²) >= 11 is 0. The number of hydrogen-bond donors (Lipinski definition) is 0. The van der Waals surface area contributed by atoms with E-state index >= 15 is 0 Å². The van der Waals surface area contributed by atoms with Gasteiger partial charge in [-0.15, -0.1) is 0 Å². The summed E-state index contributed by atoms with van der Waals surface area (Å²) in [6.45, 7) is 1.47. The van der Waals surface area contributed by atoms with Crippen LogP contribution in [0, 0.1) is 0 Å². The molecule has 1 aliphatic heterocycles. The van der Waals surface area contributed by atoms with Gasteiger partial charge in [0.25, 0.3) is 0 Å². The van der Waals surface area contributed by atoms with Gasteiger partial charge in [0, 0.05) is 46.1 Å². The van der Waals surface area contributed by atoms with Crippen molar-refractivity contribution < 1.29 is 14.3 Å². The number of piperidine rings is 1. The highest BCUT2D eigenvalue weighted by Gasteiger charge is 2.25. The average Bonchev–Trinajstić information content (AvgIpc) is 2.59. The lowest BCUT2D eigenvalue weighted by Gasteiger charge is -2.33. The summed E-state index contributed by atoms with van der Waals surface area (Å²) in [6.07, 6.45) is 8.75. The smallest absolute Gasteiger partial charge is 0.223 e. The van der Waals surface area contributed by atoms with Crippen LogP contribution in [0.5, 0.6) is 0 Å². The van der Waals surface area contributed by atoms with Crippen molar-refractivity contribution in [2.24, 2.45) is 0 Å². The highest BCUT2D eigenvalue weighted by Crippen LogP contribution is 2.22. The summed E-state index contributed by atoms with van der Waals surface area (Å²) in [5.74, 6) is 0.202. The van der Waals surface area contributed by atoms with Gasteiger partial charge in [-0.05, 0) is 25.7 Å². The lowest BCUT2D eigenvalue weighted by atomic mass is 9.94. The van der Waals surface area contributed by atoms with Gasteiger partial charge in [0.15, 0.2) is 0 Å². The highest BCUT2D eigenvalue weighted by atomic mass is 16.5. The molecule has 1 aliphatic carbocycles. The Morgan fingerprint density at radius 1 is 1.09 bits per heavy atom. The van der Waals surface area contributed by atoms with Crippen molar-refractivity contribution >= 4 is 11.8 Å². The molecule has 5 nitrogen and oxygen atoms in total. The van der Waals surface area contributed by atoms with E-state index in [9.17, 15) is 9.59 Å². The summed E-state index contributed by atoms with van der Waals surface area (Å²) in [7, 11) is 3.59. The number of carbonyl (C=O) groups is 2. The monoisotopic (exact) mass is 310 g/mol. The van der Waals surface area contributed by atoms with Crippen LogP contribution in [0.3, 0.4) is 0 Å². The van der Waals surface area contributed by atoms with Gasteiger partial charge in [-0.3, -0.25) is 9.59 Å². The van der Waals surface area contributed by atoms with Gasteiger partial charge in [0.05, 0.1) is 6.10 Å². The Balaban J connectivity index is 1.74. The SMILES string of the molecule is COC1CCCN(C(=O)CCC(=O)N(C)C2CCCCC2)C1. The predicted molar refractivity (Wildman–Crippen MR) is 85.5 cm³/mol. The van der Waals surface area contributed by atoms with Crippen molar-refractivity contribution in [1.29, 1.82) is 0 Å². The molecule has 0 aromatic rings. The molecule has 1 saturated carbocycles. The lowest BCUT2D eigenvalue weighted by molar-refractivity contribution is -0.139. The number of hydrogen-bond acceptors (Lipinski definition) is 3. The first-order chi connectivity index (χ1) is 10.6. The van der Waals surface area contributed by atoms with E-state index in [4.69, 9.17) is 4.74 Å². The number of rotatable bonds is 5. The van der Waals surface area contributed by atoms with E-state index in [0.29, 0.717) is 25.4 Å². The summed E-state index contributed by atoms with van der Waals surface area (Å²) in [5, 5.41) is 0. The van der Waals surface area contributed by atoms with E-state index in [0.717, 1.165) is 32.2 Å². The Kier molecular flexibility index (Phi) is 6.68. The van der Waals surface area contributed by atoms with E-state index in [1.54, 1.807) is 7.11 Å². The Morgan fingerprint density at radius 3 is 2.50 bits per heavy atom. The fourth-order valence-electron chi connectivity index (χ4n) is 3.58. The second-order valence-electron chi connectivity index (χ2n) is 6.64. The van der Waals surface area contributed by atoms with Crippen molar-refractivity contribution in [3.63, 3.8) is 0 Å². The predicted octanol–water partition coefficient (Wildman–Crippen LogP) is 2.20. The molecule has 126 valence electrons. The molecule has 1 saturated heterocycles. The van der Waals surface area contributed by atoms with E-state index in [2.05, 4.69) is 0 Å². The molecule has 22 heavy (non-hydrogen) atoms. The number of likely N-dealkylation sites (tertiary alicyclic amines) is 1. The minimum Gasteiger partial charge on any atom is -0.380 e. The molecule has 2 amide bonds. The number of carbonyl (C=O) groups excluding carboxylic acids is 2. The van der Waals surface area contributed by atoms with Gasteiger partial charge >= 0.3 is 0 Å². The molecule has 0 radical (unpaired) electrons. The molecule has 0 bridgehead atoms. The van der Waals surface area contributed by atoms with E-state index in [1.165, 1.54) is 19.3 Å². The van der Waals surface area contributed by atoms with E-state index in [1.807, 2.05) is 16.8 Å². The van der Waals surface area contributed by atoms with Crippen LogP contribution in [0.25, 0.3) is 0 Å². The summed E-state index contributed by atoms with van der Waals surface area (Å²) < 4.78 is 5.35. The zero-order valence-electron chi connectivity index (χ0n) is 14.1. The van der Waals surface area contributed by atoms with E-state index < -0.39 is 0 Å². The third-order valence-electron chi connectivity index (χ3n) is 5.13. The third kappa shape index (κ3) is 4.70. The van der Waals surface area contributed by atoms with Gasteiger partial charge in [-0.2, -0.15) is 0 Å². The Hall–Kier alpha value is -1.10. The largest absolute Gasteiger partial charge is 0.380 e.